The first-order valence-electron chi connectivity index (χ1n) is 5.62. The molecular formula is C12H14FN3. The van der Waals surface area contributed by atoms with Gasteiger partial charge in [-0.2, -0.15) is 4.39 Å². The lowest BCUT2D eigenvalue weighted by molar-refractivity contribution is 0.415. The molecular weight excluding hydrogens is 205 g/mol. The van der Waals surface area contributed by atoms with Crippen LogP contribution in [0, 0.1) is 5.95 Å². The molecule has 0 unspecified atom stereocenters. The van der Waals surface area contributed by atoms with Crippen LogP contribution >= 0.6 is 0 Å². The molecule has 3 rings (SSSR count). The summed E-state index contributed by atoms with van der Waals surface area (Å²) in [7, 11) is 0. The second kappa shape index (κ2) is 3.28. The van der Waals surface area contributed by atoms with Gasteiger partial charge in [-0.15, -0.1) is 0 Å². The van der Waals surface area contributed by atoms with E-state index in [1.54, 1.807) is 12.3 Å². The predicted octanol–water partition coefficient (Wildman–Crippen LogP) is 2.20. The maximum Gasteiger partial charge on any atom is 0.199 e. The number of hydrogen-bond donors (Lipinski definition) is 1. The van der Waals surface area contributed by atoms with Crippen LogP contribution in [0.1, 0.15) is 31.5 Å². The van der Waals surface area contributed by atoms with E-state index in [2.05, 4.69) is 4.98 Å². The molecule has 1 aliphatic carbocycles. The van der Waals surface area contributed by atoms with Crippen LogP contribution in [0.5, 0.6) is 0 Å². The van der Waals surface area contributed by atoms with Crippen LogP contribution in [0.25, 0.3) is 5.52 Å². The SMILES string of the molecule is NC1(c2ncc3cccc(F)n23)CCCC1. The van der Waals surface area contributed by atoms with Crippen molar-refractivity contribution in [2.45, 2.75) is 31.2 Å². The zero-order valence-electron chi connectivity index (χ0n) is 8.99. The highest BCUT2D eigenvalue weighted by atomic mass is 19.1. The average molecular weight is 219 g/mol. The summed E-state index contributed by atoms with van der Waals surface area (Å²) in [6.07, 6.45) is 5.66. The molecule has 1 fully saturated rings. The summed E-state index contributed by atoms with van der Waals surface area (Å²) in [6, 6.07) is 4.97. The van der Waals surface area contributed by atoms with Gasteiger partial charge in [-0.1, -0.05) is 18.9 Å². The van der Waals surface area contributed by atoms with Gasteiger partial charge in [-0.3, -0.25) is 4.40 Å². The molecule has 0 bridgehead atoms. The molecule has 2 heterocycles. The maximum absolute atomic E-state index is 13.8. The molecule has 4 heteroatoms. The smallest absolute Gasteiger partial charge is 0.199 e. The highest BCUT2D eigenvalue weighted by Crippen LogP contribution is 2.35. The van der Waals surface area contributed by atoms with E-state index in [0.717, 1.165) is 31.2 Å². The second-order valence-electron chi connectivity index (χ2n) is 4.55. The summed E-state index contributed by atoms with van der Waals surface area (Å²) < 4.78 is 15.3. The van der Waals surface area contributed by atoms with E-state index >= 15 is 0 Å². The molecule has 2 aromatic heterocycles. The van der Waals surface area contributed by atoms with Gasteiger partial charge in [-0.05, 0) is 25.0 Å². The molecule has 84 valence electrons. The molecule has 1 aliphatic rings. The second-order valence-corrected chi connectivity index (χ2v) is 4.55. The first-order valence-corrected chi connectivity index (χ1v) is 5.62. The standard InChI is InChI=1S/C12H14FN3/c13-10-5-3-4-9-8-15-11(16(9)10)12(14)6-1-2-7-12/h3-5,8H,1-2,6-7,14H2. The van der Waals surface area contributed by atoms with Crippen LogP contribution in [0.2, 0.25) is 0 Å². The van der Waals surface area contributed by atoms with Crippen molar-refractivity contribution in [3.63, 3.8) is 0 Å². The van der Waals surface area contributed by atoms with Gasteiger partial charge in [0.2, 0.25) is 0 Å². The fraction of sp³-hybridized carbons (Fsp3) is 0.417. The Balaban J connectivity index is 2.24. The van der Waals surface area contributed by atoms with Crippen molar-refractivity contribution in [3.05, 3.63) is 36.2 Å². The van der Waals surface area contributed by atoms with Gasteiger partial charge < -0.3 is 5.73 Å². The summed E-state index contributed by atoms with van der Waals surface area (Å²) in [5, 5.41) is 0. The third-order valence-corrected chi connectivity index (χ3v) is 3.44. The Labute approximate surface area is 93.1 Å². The van der Waals surface area contributed by atoms with Gasteiger partial charge in [0.15, 0.2) is 5.95 Å². The number of halogens is 1. The molecule has 0 radical (unpaired) electrons. The van der Waals surface area contributed by atoms with E-state index in [1.165, 1.54) is 10.5 Å². The Hall–Kier alpha value is -1.42. The van der Waals surface area contributed by atoms with Crippen molar-refractivity contribution < 1.29 is 4.39 Å². The molecule has 2 N–H and O–H groups in total. The van der Waals surface area contributed by atoms with Crippen LogP contribution in [0.15, 0.2) is 24.4 Å². The summed E-state index contributed by atoms with van der Waals surface area (Å²) in [6.45, 7) is 0. The Kier molecular flexibility index (Phi) is 2.01. The monoisotopic (exact) mass is 219 g/mol. The van der Waals surface area contributed by atoms with Crippen molar-refractivity contribution in [2.75, 3.05) is 0 Å². The van der Waals surface area contributed by atoms with Crippen molar-refractivity contribution in [1.82, 2.24) is 9.38 Å². The van der Waals surface area contributed by atoms with Gasteiger partial charge >= 0.3 is 0 Å². The van der Waals surface area contributed by atoms with Crippen molar-refractivity contribution >= 4 is 5.52 Å². The van der Waals surface area contributed by atoms with Gasteiger partial charge in [-0.25, -0.2) is 4.98 Å². The number of imidazole rings is 1. The van der Waals surface area contributed by atoms with Crippen LogP contribution in [0.4, 0.5) is 4.39 Å². The summed E-state index contributed by atoms with van der Waals surface area (Å²) >= 11 is 0. The zero-order chi connectivity index (χ0) is 11.2. The number of fused-ring (bicyclic) bond motifs is 1. The highest BCUT2D eigenvalue weighted by Gasteiger charge is 2.35. The molecule has 0 spiro atoms. The van der Waals surface area contributed by atoms with E-state index in [9.17, 15) is 4.39 Å². The first-order chi connectivity index (χ1) is 7.71. The van der Waals surface area contributed by atoms with Crippen LogP contribution in [0.3, 0.4) is 0 Å². The minimum absolute atomic E-state index is 0.290. The number of pyridine rings is 1. The van der Waals surface area contributed by atoms with Crippen molar-refractivity contribution in [1.29, 1.82) is 0 Å². The van der Waals surface area contributed by atoms with Gasteiger partial charge in [0, 0.05) is 0 Å². The normalized spacial score (nSPS) is 19.4. The van der Waals surface area contributed by atoms with E-state index in [0.29, 0.717) is 5.82 Å². The third-order valence-electron chi connectivity index (χ3n) is 3.44. The quantitative estimate of drug-likeness (QED) is 0.747. The Morgan fingerprint density at radius 3 is 2.81 bits per heavy atom. The number of nitrogens with zero attached hydrogens (tertiary/aromatic N) is 2. The van der Waals surface area contributed by atoms with Crippen LogP contribution < -0.4 is 5.73 Å². The lowest BCUT2D eigenvalue weighted by Crippen LogP contribution is -2.35. The number of nitrogens with two attached hydrogens (primary N) is 1. The van der Waals surface area contributed by atoms with Gasteiger partial charge in [0.05, 0.1) is 17.3 Å². The molecule has 16 heavy (non-hydrogen) atoms. The fourth-order valence-electron chi connectivity index (χ4n) is 2.59. The number of aromatic nitrogens is 2. The topological polar surface area (TPSA) is 43.3 Å². The molecule has 3 nitrogen and oxygen atoms in total. The molecule has 0 aromatic carbocycles. The maximum atomic E-state index is 13.8. The van der Waals surface area contributed by atoms with Crippen LogP contribution in [-0.4, -0.2) is 9.38 Å². The van der Waals surface area contributed by atoms with E-state index in [-0.39, 0.29) is 5.95 Å². The summed E-state index contributed by atoms with van der Waals surface area (Å²) in [5.74, 6) is 0.375. The average Bonchev–Trinajstić information content (AvgIpc) is 2.85. The fourth-order valence-corrected chi connectivity index (χ4v) is 2.59. The number of hydrogen-bond acceptors (Lipinski definition) is 2. The summed E-state index contributed by atoms with van der Waals surface area (Å²) in [4.78, 5) is 4.31. The zero-order valence-corrected chi connectivity index (χ0v) is 8.99. The Morgan fingerprint density at radius 2 is 2.06 bits per heavy atom. The molecule has 0 amide bonds. The highest BCUT2D eigenvalue weighted by molar-refractivity contribution is 5.46. The minimum atomic E-state index is -0.450. The van der Waals surface area contributed by atoms with Crippen molar-refractivity contribution in [3.8, 4) is 0 Å². The van der Waals surface area contributed by atoms with Crippen molar-refractivity contribution in [2.24, 2.45) is 5.73 Å². The van der Waals surface area contributed by atoms with E-state index in [1.807, 2.05) is 6.07 Å². The van der Waals surface area contributed by atoms with Gasteiger partial charge in [0.25, 0.3) is 0 Å². The molecule has 1 saturated carbocycles. The molecule has 0 saturated heterocycles. The predicted molar refractivity (Wildman–Crippen MR) is 59.5 cm³/mol. The first kappa shape index (κ1) is 9.78. The minimum Gasteiger partial charge on any atom is -0.319 e. The molecule has 0 aliphatic heterocycles. The van der Waals surface area contributed by atoms with Crippen LogP contribution in [-0.2, 0) is 5.54 Å². The molecule has 0 atom stereocenters. The van der Waals surface area contributed by atoms with Gasteiger partial charge in [0.1, 0.15) is 5.82 Å². The summed E-state index contributed by atoms with van der Waals surface area (Å²) in [5.41, 5.74) is 6.63. The van der Waals surface area contributed by atoms with E-state index < -0.39 is 5.54 Å². The lowest BCUT2D eigenvalue weighted by Gasteiger charge is -2.22. The van der Waals surface area contributed by atoms with E-state index in [4.69, 9.17) is 5.73 Å². The Bertz CT molecular complexity index is 526. The third kappa shape index (κ3) is 1.26. The lowest BCUT2D eigenvalue weighted by atomic mass is 9.98. The largest absolute Gasteiger partial charge is 0.319 e. The number of rotatable bonds is 1. The molecule has 2 aromatic rings. The Morgan fingerprint density at radius 1 is 1.31 bits per heavy atom.